The van der Waals surface area contributed by atoms with E-state index in [1.807, 2.05) is 22.7 Å². The molecule has 58 heavy (non-hydrogen) atoms. The molecule has 0 radical (unpaired) electrons. The van der Waals surface area contributed by atoms with Crippen molar-refractivity contribution in [2.75, 3.05) is 0 Å². The SMILES string of the molecule is c1cc(-c2cccc3c2sc2ccccc23)cc(-n2c3ccccc3c3ccc4c5ccccc5n(-c5cccc(-c6cccc7c6sc6ccccc67)n5)c4c32)c1. The number of thiophene rings is 2. The summed E-state index contributed by atoms with van der Waals surface area (Å²) in [5, 5.41) is 10.1. The van der Waals surface area contributed by atoms with Gasteiger partial charge in [0.15, 0.2) is 0 Å². The van der Waals surface area contributed by atoms with Gasteiger partial charge in [0.05, 0.1) is 27.8 Å². The van der Waals surface area contributed by atoms with Crippen LogP contribution < -0.4 is 0 Å². The van der Waals surface area contributed by atoms with Crippen LogP contribution in [0.3, 0.4) is 0 Å². The highest BCUT2D eigenvalue weighted by Gasteiger charge is 2.22. The molecular weight excluding hydrogens is 743 g/mol. The van der Waals surface area contributed by atoms with Crippen LogP contribution in [0, 0.1) is 0 Å². The van der Waals surface area contributed by atoms with Gasteiger partial charge in [0, 0.05) is 73.1 Å². The van der Waals surface area contributed by atoms with E-state index in [4.69, 9.17) is 4.98 Å². The van der Waals surface area contributed by atoms with Gasteiger partial charge < -0.3 is 4.57 Å². The number of hydrogen-bond acceptors (Lipinski definition) is 3. The van der Waals surface area contributed by atoms with E-state index in [2.05, 4.69) is 197 Å². The average molecular weight is 774 g/mol. The molecule has 8 aromatic carbocycles. The van der Waals surface area contributed by atoms with Crippen molar-refractivity contribution in [1.29, 1.82) is 0 Å². The molecule has 0 aliphatic rings. The molecule has 5 aromatic heterocycles. The molecule has 0 bridgehead atoms. The quantitative estimate of drug-likeness (QED) is 0.175. The lowest BCUT2D eigenvalue weighted by atomic mass is 10.0. The number of hydrogen-bond donors (Lipinski definition) is 0. The predicted molar refractivity (Wildman–Crippen MR) is 250 cm³/mol. The summed E-state index contributed by atoms with van der Waals surface area (Å²) in [6, 6.07) is 68.7. The number of para-hydroxylation sites is 2. The normalized spacial score (nSPS) is 12.1. The van der Waals surface area contributed by atoms with Crippen molar-refractivity contribution in [3.05, 3.63) is 188 Å². The Morgan fingerprint density at radius 1 is 0.362 bits per heavy atom. The number of fused-ring (bicyclic) bond motifs is 13. The Labute approximate surface area is 340 Å². The topological polar surface area (TPSA) is 22.8 Å². The Hall–Kier alpha value is -7.05. The lowest BCUT2D eigenvalue weighted by Gasteiger charge is -2.14. The molecule has 0 aliphatic heterocycles. The average Bonchev–Trinajstić information content (AvgIpc) is 4.04. The van der Waals surface area contributed by atoms with E-state index in [1.54, 1.807) is 0 Å². The van der Waals surface area contributed by atoms with Crippen molar-refractivity contribution in [1.82, 2.24) is 14.1 Å². The summed E-state index contributed by atoms with van der Waals surface area (Å²) in [6.45, 7) is 0. The van der Waals surface area contributed by atoms with E-state index < -0.39 is 0 Å². The largest absolute Gasteiger partial charge is 0.307 e. The summed E-state index contributed by atoms with van der Waals surface area (Å²) < 4.78 is 10.1. The van der Waals surface area contributed by atoms with Gasteiger partial charge in [-0.2, -0.15) is 0 Å². The zero-order valence-electron chi connectivity index (χ0n) is 31.1. The fourth-order valence-corrected chi connectivity index (χ4v) is 11.9. The van der Waals surface area contributed by atoms with Gasteiger partial charge in [-0.1, -0.05) is 140 Å². The zero-order valence-corrected chi connectivity index (χ0v) is 32.7. The van der Waals surface area contributed by atoms with E-state index in [0.29, 0.717) is 0 Å². The maximum absolute atomic E-state index is 5.53. The second-order valence-electron chi connectivity index (χ2n) is 15.1. The van der Waals surface area contributed by atoms with Gasteiger partial charge >= 0.3 is 0 Å². The number of benzene rings is 8. The third-order valence-corrected chi connectivity index (χ3v) is 14.4. The van der Waals surface area contributed by atoms with Gasteiger partial charge in [0.25, 0.3) is 0 Å². The van der Waals surface area contributed by atoms with Gasteiger partial charge in [0.2, 0.25) is 0 Å². The van der Waals surface area contributed by atoms with Gasteiger partial charge in [-0.25, -0.2) is 4.98 Å². The van der Waals surface area contributed by atoms with Crippen LogP contribution in [-0.4, -0.2) is 14.1 Å². The van der Waals surface area contributed by atoms with E-state index in [-0.39, 0.29) is 0 Å². The summed E-state index contributed by atoms with van der Waals surface area (Å²) in [5.41, 5.74) is 10.4. The minimum absolute atomic E-state index is 0.899. The van der Waals surface area contributed by atoms with Crippen LogP contribution in [0.1, 0.15) is 0 Å². The third kappa shape index (κ3) is 4.51. The Morgan fingerprint density at radius 3 is 1.57 bits per heavy atom. The molecular formula is C53H31N3S2. The summed E-state index contributed by atoms with van der Waals surface area (Å²) in [5.74, 6) is 0.899. The maximum atomic E-state index is 5.53. The van der Waals surface area contributed by atoms with Crippen LogP contribution in [0.15, 0.2) is 188 Å². The first kappa shape index (κ1) is 32.1. The molecule has 0 saturated heterocycles. The molecule has 0 unspecified atom stereocenters. The van der Waals surface area contributed by atoms with Crippen molar-refractivity contribution >= 4 is 107 Å². The van der Waals surface area contributed by atoms with Crippen LogP contribution in [0.2, 0.25) is 0 Å². The molecule has 3 nitrogen and oxygen atoms in total. The van der Waals surface area contributed by atoms with E-state index in [9.17, 15) is 0 Å². The summed E-state index contributed by atoms with van der Waals surface area (Å²) >= 11 is 3.73. The third-order valence-electron chi connectivity index (χ3n) is 11.9. The smallest absolute Gasteiger partial charge is 0.138 e. The van der Waals surface area contributed by atoms with Gasteiger partial charge in [-0.15, -0.1) is 22.7 Å². The fraction of sp³-hybridized carbons (Fsp3) is 0. The minimum Gasteiger partial charge on any atom is -0.307 e. The summed E-state index contributed by atoms with van der Waals surface area (Å²) in [4.78, 5) is 5.53. The highest BCUT2D eigenvalue weighted by atomic mass is 32.1. The molecule has 0 atom stereocenters. The second kappa shape index (κ2) is 12.2. The minimum atomic E-state index is 0.899. The van der Waals surface area contributed by atoms with Gasteiger partial charge in [-0.05, 0) is 59.7 Å². The second-order valence-corrected chi connectivity index (χ2v) is 17.2. The molecule has 13 aromatic rings. The van der Waals surface area contributed by atoms with Crippen LogP contribution in [0.5, 0.6) is 0 Å². The Morgan fingerprint density at radius 2 is 0.879 bits per heavy atom. The molecule has 0 fully saturated rings. The fourth-order valence-electron chi connectivity index (χ4n) is 9.44. The number of nitrogens with zero attached hydrogens (tertiary/aromatic N) is 3. The molecule has 0 spiro atoms. The monoisotopic (exact) mass is 773 g/mol. The first-order valence-electron chi connectivity index (χ1n) is 19.6. The molecule has 5 heteroatoms. The Kier molecular flexibility index (Phi) is 6.76. The highest BCUT2D eigenvalue weighted by Crippen LogP contribution is 2.45. The van der Waals surface area contributed by atoms with E-state index in [1.165, 1.54) is 84.0 Å². The number of pyridine rings is 1. The van der Waals surface area contributed by atoms with Crippen molar-refractivity contribution in [3.63, 3.8) is 0 Å². The number of aromatic nitrogens is 3. The molecule has 0 amide bonds. The molecule has 0 aliphatic carbocycles. The van der Waals surface area contributed by atoms with Gasteiger partial charge in [0.1, 0.15) is 5.82 Å². The van der Waals surface area contributed by atoms with Crippen molar-refractivity contribution in [3.8, 4) is 33.9 Å². The van der Waals surface area contributed by atoms with E-state index in [0.717, 1.165) is 33.8 Å². The first-order valence-corrected chi connectivity index (χ1v) is 21.3. The number of rotatable bonds is 4. The van der Waals surface area contributed by atoms with Crippen molar-refractivity contribution < 1.29 is 0 Å². The lowest BCUT2D eigenvalue weighted by molar-refractivity contribution is 1.08. The van der Waals surface area contributed by atoms with Crippen molar-refractivity contribution in [2.45, 2.75) is 0 Å². The Balaban J connectivity index is 1.09. The van der Waals surface area contributed by atoms with Crippen LogP contribution in [-0.2, 0) is 0 Å². The molecule has 0 N–H and O–H groups in total. The van der Waals surface area contributed by atoms with Gasteiger partial charge in [-0.3, -0.25) is 4.57 Å². The highest BCUT2D eigenvalue weighted by molar-refractivity contribution is 7.26. The first-order chi connectivity index (χ1) is 28.8. The van der Waals surface area contributed by atoms with E-state index >= 15 is 0 Å². The zero-order chi connectivity index (χ0) is 37.9. The molecule has 270 valence electrons. The lowest BCUT2D eigenvalue weighted by Crippen LogP contribution is -2.01. The summed E-state index contributed by atoms with van der Waals surface area (Å²) in [7, 11) is 0. The molecule has 5 heterocycles. The standard InChI is InChI=1S/C53H31N3S2/c1-5-24-45-35(15-1)39-29-30-40-36-16-2-6-25-46(36)56(49-28-12-23-44(54-49)43-22-11-21-42-38-18-4-8-27-48(38)58-53(42)43)51(40)50(39)55(45)33-14-9-13-32(31-33)34-19-10-20-41-37-17-3-7-26-47(37)57-52(34)41/h1-31H. The summed E-state index contributed by atoms with van der Waals surface area (Å²) in [6.07, 6.45) is 0. The Bertz CT molecular complexity index is 3570. The van der Waals surface area contributed by atoms with Crippen LogP contribution >= 0.6 is 22.7 Å². The maximum Gasteiger partial charge on any atom is 0.138 e. The molecule has 0 saturated carbocycles. The van der Waals surface area contributed by atoms with Crippen LogP contribution in [0.4, 0.5) is 0 Å². The predicted octanol–water partition coefficient (Wildman–Crippen LogP) is 15.3. The van der Waals surface area contributed by atoms with Crippen LogP contribution in [0.25, 0.3) is 118 Å². The van der Waals surface area contributed by atoms with Crippen molar-refractivity contribution in [2.24, 2.45) is 0 Å². The molecule has 13 rings (SSSR count).